The fourth-order valence-electron chi connectivity index (χ4n) is 3.25. The number of hydrogen-bond donors (Lipinski definition) is 0. The Morgan fingerprint density at radius 2 is 2.17 bits per heavy atom. The summed E-state index contributed by atoms with van der Waals surface area (Å²) in [5.74, 6) is 0.194. The fraction of sp³-hybridized carbons (Fsp3) is 0.368. The van der Waals surface area contributed by atoms with Gasteiger partial charge in [-0.15, -0.1) is 0 Å². The quantitative estimate of drug-likeness (QED) is 0.838. The number of rotatable bonds is 5. The molecular formula is C19H21N3OS. The molecule has 1 aromatic carbocycles. The molecule has 1 unspecified atom stereocenters. The van der Waals surface area contributed by atoms with E-state index >= 15 is 0 Å². The van der Waals surface area contributed by atoms with Crippen LogP contribution in [0.4, 0.5) is 0 Å². The van der Waals surface area contributed by atoms with Crippen LogP contribution in [0.2, 0.25) is 0 Å². The highest BCUT2D eigenvalue weighted by atomic mass is 32.1. The Morgan fingerprint density at radius 3 is 2.83 bits per heavy atom. The van der Waals surface area contributed by atoms with Crippen LogP contribution in [0.15, 0.2) is 41.1 Å². The molecule has 2 aromatic rings. The number of thiophene rings is 1. The highest BCUT2D eigenvalue weighted by Gasteiger charge is 2.30. The first-order chi connectivity index (χ1) is 11.7. The van der Waals surface area contributed by atoms with E-state index in [1.54, 1.807) is 11.3 Å². The molecule has 3 rings (SSSR count). The maximum Gasteiger partial charge on any atom is 0.237 e. The molecule has 1 aromatic heterocycles. The molecule has 0 bridgehead atoms. The molecule has 2 heterocycles. The second kappa shape index (κ2) is 7.61. The average Bonchev–Trinajstić information content (AvgIpc) is 3.26. The predicted octanol–water partition coefficient (Wildman–Crippen LogP) is 3.42. The van der Waals surface area contributed by atoms with Crippen LogP contribution >= 0.6 is 11.3 Å². The van der Waals surface area contributed by atoms with Crippen molar-refractivity contribution in [2.24, 2.45) is 0 Å². The molecule has 0 saturated carbocycles. The molecule has 1 fully saturated rings. The molecule has 5 heteroatoms. The standard InChI is InChI=1S/C19H21N3OS/c1-21(12-16-6-4-15(11-20)5-7-16)13-19(23)22-9-2-3-18(22)17-8-10-24-14-17/h4-8,10,14,18H,2-3,9,12-13H2,1H3. The van der Waals surface area contributed by atoms with Gasteiger partial charge in [0.25, 0.3) is 0 Å². The van der Waals surface area contributed by atoms with Gasteiger partial charge in [0, 0.05) is 13.1 Å². The van der Waals surface area contributed by atoms with Crippen LogP contribution in [0.3, 0.4) is 0 Å². The number of likely N-dealkylation sites (tertiary alicyclic amines) is 1. The zero-order chi connectivity index (χ0) is 16.9. The predicted molar refractivity (Wildman–Crippen MR) is 95.5 cm³/mol. The minimum Gasteiger partial charge on any atom is -0.335 e. The van der Waals surface area contributed by atoms with Crippen LogP contribution in [0.25, 0.3) is 0 Å². The van der Waals surface area contributed by atoms with Crippen molar-refractivity contribution in [1.29, 1.82) is 5.26 Å². The molecule has 0 radical (unpaired) electrons. The van der Waals surface area contributed by atoms with E-state index in [9.17, 15) is 4.79 Å². The third kappa shape index (κ3) is 3.84. The Bertz CT molecular complexity index is 718. The summed E-state index contributed by atoms with van der Waals surface area (Å²) >= 11 is 1.69. The molecule has 1 aliphatic heterocycles. The van der Waals surface area contributed by atoms with Crippen LogP contribution in [-0.4, -0.2) is 35.8 Å². The molecular weight excluding hydrogens is 318 g/mol. The van der Waals surface area contributed by atoms with Crippen molar-refractivity contribution in [2.75, 3.05) is 20.1 Å². The second-order valence-corrected chi connectivity index (χ2v) is 7.06. The van der Waals surface area contributed by atoms with E-state index in [0.717, 1.165) is 24.9 Å². The van der Waals surface area contributed by atoms with Crippen molar-refractivity contribution < 1.29 is 4.79 Å². The van der Waals surface area contributed by atoms with Crippen molar-refractivity contribution in [3.8, 4) is 6.07 Å². The molecule has 1 aliphatic rings. The summed E-state index contributed by atoms with van der Waals surface area (Å²) in [4.78, 5) is 16.8. The second-order valence-electron chi connectivity index (χ2n) is 6.28. The minimum absolute atomic E-state index is 0.194. The van der Waals surface area contributed by atoms with Crippen LogP contribution < -0.4 is 0 Å². The first-order valence-corrected chi connectivity index (χ1v) is 9.11. The summed E-state index contributed by atoms with van der Waals surface area (Å²) < 4.78 is 0. The minimum atomic E-state index is 0.194. The van der Waals surface area contributed by atoms with Crippen molar-refractivity contribution >= 4 is 17.2 Å². The molecule has 124 valence electrons. The number of likely N-dealkylation sites (N-methyl/N-ethyl adjacent to an activating group) is 1. The van der Waals surface area contributed by atoms with Gasteiger partial charge < -0.3 is 4.90 Å². The smallest absolute Gasteiger partial charge is 0.237 e. The number of hydrogen-bond acceptors (Lipinski definition) is 4. The summed E-state index contributed by atoms with van der Waals surface area (Å²) in [5, 5.41) is 13.1. The molecule has 0 N–H and O–H groups in total. The molecule has 1 saturated heterocycles. The summed E-state index contributed by atoms with van der Waals surface area (Å²) in [6.45, 7) is 1.97. The van der Waals surface area contributed by atoms with Crippen molar-refractivity contribution in [1.82, 2.24) is 9.80 Å². The third-order valence-electron chi connectivity index (χ3n) is 4.44. The van der Waals surface area contributed by atoms with E-state index in [4.69, 9.17) is 5.26 Å². The van der Waals surface area contributed by atoms with E-state index in [1.807, 2.05) is 41.1 Å². The number of carbonyl (C=O) groups is 1. The topological polar surface area (TPSA) is 47.3 Å². The first kappa shape index (κ1) is 16.7. The van der Waals surface area contributed by atoms with Crippen molar-refractivity contribution in [3.63, 3.8) is 0 Å². The average molecular weight is 339 g/mol. The molecule has 24 heavy (non-hydrogen) atoms. The molecule has 1 atom stereocenters. The number of benzene rings is 1. The van der Waals surface area contributed by atoms with Gasteiger partial charge in [0.2, 0.25) is 5.91 Å². The summed E-state index contributed by atoms with van der Waals surface area (Å²) in [6.07, 6.45) is 2.13. The lowest BCUT2D eigenvalue weighted by atomic mass is 10.1. The van der Waals surface area contributed by atoms with Gasteiger partial charge in [0.05, 0.1) is 24.2 Å². The van der Waals surface area contributed by atoms with Gasteiger partial charge in [-0.25, -0.2) is 0 Å². The van der Waals surface area contributed by atoms with Crippen LogP contribution in [-0.2, 0) is 11.3 Å². The molecule has 1 amide bonds. The van der Waals surface area contributed by atoms with E-state index in [2.05, 4.69) is 22.9 Å². The first-order valence-electron chi connectivity index (χ1n) is 8.16. The number of nitrogens with zero attached hydrogens (tertiary/aromatic N) is 3. The Morgan fingerprint density at radius 1 is 1.38 bits per heavy atom. The van der Waals surface area contributed by atoms with Crippen LogP contribution in [0, 0.1) is 11.3 Å². The highest BCUT2D eigenvalue weighted by Crippen LogP contribution is 2.33. The Kier molecular flexibility index (Phi) is 5.29. The van der Waals surface area contributed by atoms with Gasteiger partial charge in [-0.2, -0.15) is 16.6 Å². The maximum absolute atomic E-state index is 12.7. The zero-order valence-corrected chi connectivity index (χ0v) is 14.6. The lowest BCUT2D eigenvalue weighted by Crippen LogP contribution is -2.38. The fourth-order valence-corrected chi connectivity index (χ4v) is 3.96. The van der Waals surface area contributed by atoms with E-state index < -0.39 is 0 Å². The van der Waals surface area contributed by atoms with Gasteiger partial charge >= 0.3 is 0 Å². The van der Waals surface area contributed by atoms with Crippen LogP contribution in [0.1, 0.15) is 35.6 Å². The maximum atomic E-state index is 12.7. The van der Waals surface area contributed by atoms with Gasteiger partial charge in [-0.3, -0.25) is 9.69 Å². The largest absolute Gasteiger partial charge is 0.335 e. The highest BCUT2D eigenvalue weighted by molar-refractivity contribution is 7.07. The lowest BCUT2D eigenvalue weighted by Gasteiger charge is -2.27. The summed E-state index contributed by atoms with van der Waals surface area (Å²) in [6, 6.07) is 12.0. The summed E-state index contributed by atoms with van der Waals surface area (Å²) in [7, 11) is 1.96. The van der Waals surface area contributed by atoms with Gasteiger partial charge in [0.1, 0.15) is 0 Å². The Balaban J connectivity index is 1.58. The van der Waals surface area contributed by atoms with Crippen molar-refractivity contribution in [2.45, 2.75) is 25.4 Å². The van der Waals surface area contributed by atoms with Crippen LogP contribution in [0.5, 0.6) is 0 Å². The third-order valence-corrected chi connectivity index (χ3v) is 5.14. The number of nitriles is 1. The zero-order valence-electron chi connectivity index (χ0n) is 13.8. The van der Waals surface area contributed by atoms with Gasteiger partial charge in [-0.05, 0) is 60.0 Å². The van der Waals surface area contributed by atoms with Gasteiger partial charge in [0.15, 0.2) is 0 Å². The van der Waals surface area contributed by atoms with Gasteiger partial charge in [-0.1, -0.05) is 12.1 Å². The SMILES string of the molecule is CN(CC(=O)N1CCCC1c1ccsc1)Cc1ccc(C#N)cc1. The monoisotopic (exact) mass is 339 g/mol. The lowest BCUT2D eigenvalue weighted by molar-refractivity contribution is -0.133. The number of amides is 1. The molecule has 4 nitrogen and oxygen atoms in total. The van der Waals surface area contributed by atoms with E-state index in [1.165, 1.54) is 5.56 Å². The van der Waals surface area contributed by atoms with E-state index in [0.29, 0.717) is 18.7 Å². The Labute approximate surface area is 146 Å². The van der Waals surface area contributed by atoms with Crippen molar-refractivity contribution in [3.05, 3.63) is 57.8 Å². The molecule has 0 aliphatic carbocycles. The molecule has 0 spiro atoms. The summed E-state index contributed by atoms with van der Waals surface area (Å²) in [5.41, 5.74) is 3.04. The Hall–Kier alpha value is -2.16. The van der Waals surface area contributed by atoms with E-state index in [-0.39, 0.29) is 11.9 Å². The normalized spacial score (nSPS) is 17.2. The number of carbonyl (C=O) groups excluding carboxylic acids is 1.